The average Bonchev–Trinajstić information content (AvgIpc) is 3.80. The summed E-state index contributed by atoms with van der Waals surface area (Å²) < 4.78 is 47.4. The number of esters is 1. The minimum Gasteiger partial charge on any atom is -0.483 e. The van der Waals surface area contributed by atoms with Crippen molar-refractivity contribution in [2.24, 2.45) is 5.92 Å². The lowest BCUT2D eigenvalue weighted by Gasteiger charge is -2.64. The standard InChI is InChI=1S/C50H50N2O11/c1-56-45-33-19-26-7-9-29(17-31(26)21-35(33)47(58-3)62-45)43(53)51-37-13-14-50(55)39-23-28-11-12-38(41-40(28)49(50,42(37)61-41)15-16-52(39)24-25-5-6-25)60-44(54)30-10-8-27-20-34-36(22-32(27)18-30)48(59-4)63-46(34)57-2/h7-12,17-22,25,37,39,42,45-48,55H,5-6,13-16,23-24H2,1-4H3,(H,51,53)/t37-,39-,42+,45?,46?,47?,48?,49+,50-/m1/s1. The van der Waals surface area contributed by atoms with Gasteiger partial charge < -0.3 is 48.3 Å². The van der Waals surface area contributed by atoms with Crippen LogP contribution in [0.25, 0.3) is 21.5 Å². The predicted octanol–water partition coefficient (Wildman–Crippen LogP) is 7.22. The van der Waals surface area contributed by atoms with E-state index in [1.807, 2.05) is 66.7 Å². The zero-order chi connectivity index (χ0) is 42.9. The van der Waals surface area contributed by atoms with Gasteiger partial charge in [0.15, 0.2) is 36.7 Å². The van der Waals surface area contributed by atoms with Crippen molar-refractivity contribution in [2.75, 3.05) is 41.5 Å². The van der Waals surface area contributed by atoms with E-state index in [1.165, 1.54) is 12.8 Å². The summed E-state index contributed by atoms with van der Waals surface area (Å²) in [6.45, 7) is 1.78. The van der Waals surface area contributed by atoms with Gasteiger partial charge in [-0.1, -0.05) is 18.2 Å². The minimum absolute atomic E-state index is 0.0948. The third kappa shape index (κ3) is 5.84. The molecule has 1 amide bonds. The van der Waals surface area contributed by atoms with Crippen molar-refractivity contribution in [1.29, 1.82) is 0 Å². The quantitative estimate of drug-likeness (QED) is 0.108. The first kappa shape index (κ1) is 39.6. The van der Waals surface area contributed by atoms with Gasteiger partial charge in [0.05, 0.1) is 22.6 Å². The van der Waals surface area contributed by atoms with Crippen molar-refractivity contribution in [3.8, 4) is 11.5 Å². The van der Waals surface area contributed by atoms with Crippen LogP contribution in [0.1, 0.15) is 111 Å². The summed E-state index contributed by atoms with van der Waals surface area (Å²) >= 11 is 0. The molecular weight excluding hydrogens is 805 g/mol. The molecule has 3 aliphatic carbocycles. The molecule has 63 heavy (non-hydrogen) atoms. The Morgan fingerprint density at radius 3 is 1.92 bits per heavy atom. The lowest BCUT2D eigenvalue weighted by atomic mass is 9.48. The van der Waals surface area contributed by atoms with E-state index >= 15 is 0 Å². The first-order valence-corrected chi connectivity index (χ1v) is 22.0. The molecule has 1 spiro atoms. The molecule has 5 aromatic rings. The van der Waals surface area contributed by atoms with Gasteiger partial charge in [-0.25, -0.2) is 4.79 Å². The summed E-state index contributed by atoms with van der Waals surface area (Å²) in [4.78, 5) is 31.0. The highest BCUT2D eigenvalue weighted by Gasteiger charge is 2.73. The van der Waals surface area contributed by atoms with Crippen molar-refractivity contribution in [2.45, 2.75) is 92.9 Å². The van der Waals surface area contributed by atoms with Crippen LogP contribution in [-0.2, 0) is 40.3 Å². The van der Waals surface area contributed by atoms with Crippen molar-refractivity contribution >= 4 is 33.4 Å². The van der Waals surface area contributed by atoms with E-state index < -0.39 is 54.3 Å². The second-order valence-electron chi connectivity index (χ2n) is 18.4. The van der Waals surface area contributed by atoms with Gasteiger partial charge in [-0.15, -0.1) is 0 Å². The van der Waals surface area contributed by atoms with Gasteiger partial charge in [0.2, 0.25) is 0 Å². The molecule has 0 aromatic heterocycles. The Bertz CT molecular complexity index is 2740. The van der Waals surface area contributed by atoms with Crippen LogP contribution in [0.4, 0.5) is 0 Å². The Hall–Kier alpha value is -4.96. The molecule has 4 unspecified atom stereocenters. The molecular formula is C50H50N2O11. The van der Waals surface area contributed by atoms with Crippen LogP contribution in [0.5, 0.6) is 11.5 Å². The number of nitrogens with one attached hydrogen (secondary N) is 1. The highest BCUT2D eigenvalue weighted by Crippen LogP contribution is 2.66. The number of amides is 1. The molecule has 13 heteroatoms. The van der Waals surface area contributed by atoms with Crippen LogP contribution in [0.15, 0.2) is 72.8 Å². The van der Waals surface area contributed by atoms with Crippen LogP contribution in [0, 0.1) is 5.92 Å². The number of ether oxygens (including phenoxy) is 8. The molecule has 9 atom stereocenters. The van der Waals surface area contributed by atoms with Gasteiger partial charge in [0, 0.05) is 74.4 Å². The summed E-state index contributed by atoms with van der Waals surface area (Å²) in [6, 6.07) is 22.5. The van der Waals surface area contributed by atoms with E-state index in [9.17, 15) is 14.7 Å². The van der Waals surface area contributed by atoms with Gasteiger partial charge in [-0.2, -0.15) is 0 Å². The van der Waals surface area contributed by atoms with Crippen LogP contribution >= 0.6 is 0 Å². The number of rotatable bonds is 10. The summed E-state index contributed by atoms with van der Waals surface area (Å²) in [6.07, 6.45) is 1.95. The highest BCUT2D eigenvalue weighted by atomic mass is 16.8. The largest absolute Gasteiger partial charge is 0.483 e. The average molecular weight is 855 g/mol. The maximum Gasteiger partial charge on any atom is 0.343 e. The van der Waals surface area contributed by atoms with Crippen LogP contribution < -0.4 is 14.8 Å². The van der Waals surface area contributed by atoms with E-state index in [0.29, 0.717) is 54.2 Å². The fraction of sp³-hybridized carbons (Fsp3) is 0.440. The topological polar surface area (TPSA) is 143 Å². The van der Waals surface area contributed by atoms with Crippen LogP contribution in [0.3, 0.4) is 0 Å². The van der Waals surface area contributed by atoms with Crippen molar-refractivity contribution < 1.29 is 52.6 Å². The second-order valence-corrected chi connectivity index (χ2v) is 18.4. The van der Waals surface area contributed by atoms with Crippen molar-refractivity contribution in [1.82, 2.24) is 10.2 Å². The number of benzene rings is 5. The van der Waals surface area contributed by atoms with Gasteiger partial charge in [0.1, 0.15) is 6.10 Å². The number of methoxy groups -OCH3 is 4. The first-order valence-electron chi connectivity index (χ1n) is 22.0. The van der Waals surface area contributed by atoms with Gasteiger partial charge in [0.25, 0.3) is 5.91 Å². The molecule has 13 nitrogen and oxygen atoms in total. The van der Waals surface area contributed by atoms with E-state index in [0.717, 1.165) is 68.0 Å². The Balaban J connectivity index is 0.874. The summed E-state index contributed by atoms with van der Waals surface area (Å²) in [5.74, 6) is 0.682. The number of likely N-dealkylation sites (tertiary alicyclic amines) is 1. The molecule has 5 aromatic carbocycles. The van der Waals surface area contributed by atoms with E-state index in [2.05, 4.69) is 10.2 Å². The fourth-order valence-electron chi connectivity index (χ4n) is 12.1. The number of carbonyl (C=O) groups excluding carboxylic acids is 2. The second kappa shape index (κ2) is 14.5. The molecule has 2 N–H and O–H groups in total. The number of piperidine rings is 1. The third-order valence-electron chi connectivity index (χ3n) is 15.2. The SMILES string of the molecule is COC1OC(OC)c2cc3cc(C(=O)N[C@@H]4CC[C@@]5(O)[C@H]6Cc7ccc(OC(=O)c8ccc9cc%10c(cc9c8)C(OC)OC%10OC)c8c7[C@@]5(CCN6CC5CC5)[C@H]4O8)ccc3cc21. The van der Waals surface area contributed by atoms with Crippen molar-refractivity contribution in [3.05, 3.63) is 117 Å². The number of nitrogens with zero attached hydrogens (tertiary/aromatic N) is 1. The fourth-order valence-corrected chi connectivity index (χ4v) is 12.1. The third-order valence-corrected chi connectivity index (χ3v) is 15.2. The minimum atomic E-state index is -1.11. The smallest absolute Gasteiger partial charge is 0.343 e. The number of fused-ring (bicyclic) bond motifs is 4. The molecule has 7 aliphatic rings. The molecule has 0 radical (unpaired) electrons. The maximum absolute atomic E-state index is 14.4. The normalized spacial score (nSPS) is 31.1. The molecule has 326 valence electrons. The van der Waals surface area contributed by atoms with Crippen molar-refractivity contribution in [3.63, 3.8) is 0 Å². The lowest BCUT2D eigenvalue weighted by Crippen LogP contribution is -2.78. The van der Waals surface area contributed by atoms with E-state index in [-0.39, 0.29) is 11.9 Å². The molecule has 12 rings (SSSR count). The molecule has 2 bridgehead atoms. The summed E-state index contributed by atoms with van der Waals surface area (Å²) in [7, 11) is 6.37. The lowest BCUT2D eigenvalue weighted by molar-refractivity contribution is -0.217. The van der Waals surface area contributed by atoms with Crippen LogP contribution in [-0.4, -0.2) is 87.2 Å². The van der Waals surface area contributed by atoms with Gasteiger partial charge in [-0.05, 0) is 133 Å². The maximum atomic E-state index is 14.4. The summed E-state index contributed by atoms with van der Waals surface area (Å²) in [5, 5.41) is 20.2. The molecule has 4 heterocycles. The molecule has 3 fully saturated rings. The molecule has 2 saturated carbocycles. The number of carbonyl (C=O) groups is 2. The van der Waals surface area contributed by atoms with E-state index in [4.69, 9.17) is 37.9 Å². The Labute approximate surface area is 364 Å². The van der Waals surface area contributed by atoms with Crippen LogP contribution in [0.2, 0.25) is 0 Å². The number of hydrogen-bond donors (Lipinski definition) is 2. The first-order chi connectivity index (χ1) is 30.6. The van der Waals surface area contributed by atoms with E-state index in [1.54, 1.807) is 34.5 Å². The Morgan fingerprint density at radius 1 is 0.730 bits per heavy atom. The Kier molecular flexibility index (Phi) is 9.14. The van der Waals surface area contributed by atoms with Gasteiger partial charge in [-0.3, -0.25) is 9.69 Å². The monoisotopic (exact) mass is 854 g/mol. The zero-order valence-electron chi connectivity index (χ0n) is 35.7. The van der Waals surface area contributed by atoms with Gasteiger partial charge >= 0.3 is 5.97 Å². The number of aliphatic hydroxyl groups is 1. The zero-order valence-corrected chi connectivity index (χ0v) is 35.7. The number of hydrogen-bond acceptors (Lipinski definition) is 12. The molecule has 4 aliphatic heterocycles. The predicted molar refractivity (Wildman–Crippen MR) is 228 cm³/mol. The summed E-state index contributed by atoms with van der Waals surface area (Å²) in [5.41, 5.74) is 4.45. The molecule has 1 saturated heterocycles. The Morgan fingerprint density at radius 2 is 1.32 bits per heavy atom. The highest BCUT2D eigenvalue weighted by molar-refractivity contribution is 5.99.